The SMILES string of the molecule is CC(C)C(=O)NNC(=O)Nc1ccc(C#N)cc1. The molecule has 0 aliphatic rings. The minimum Gasteiger partial charge on any atom is -0.307 e. The maximum atomic E-state index is 11.4. The van der Waals surface area contributed by atoms with Gasteiger partial charge in [0.15, 0.2) is 0 Å². The standard InChI is InChI=1S/C12H14N4O2/c1-8(2)11(17)15-16-12(18)14-10-5-3-9(7-13)4-6-10/h3-6,8H,1-2H3,(H,15,17)(H2,14,16,18). The highest BCUT2D eigenvalue weighted by Crippen LogP contribution is 2.08. The van der Waals surface area contributed by atoms with Crippen LogP contribution in [0.5, 0.6) is 0 Å². The second kappa shape index (κ2) is 6.25. The number of hydrazine groups is 1. The molecule has 0 bridgehead atoms. The summed E-state index contributed by atoms with van der Waals surface area (Å²) in [6, 6.07) is 7.80. The lowest BCUT2D eigenvalue weighted by Crippen LogP contribution is -2.45. The first-order chi connectivity index (χ1) is 8.52. The van der Waals surface area contributed by atoms with Gasteiger partial charge in [0.05, 0.1) is 11.6 Å². The summed E-state index contributed by atoms with van der Waals surface area (Å²) in [4.78, 5) is 22.6. The van der Waals surface area contributed by atoms with Gasteiger partial charge >= 0.3 is 6.03 Å². The van der Waals surface area contributed by atoms with Gasteiger partial charge < -0.3 is 5.32 Å². The molecule has 6 nitrogen and oxygen atoms in total. The summed E-state index contributed by atoms with van der Waals surface area (Å²) in [6.07, 6.45) is 0. The number of amides is 3. The van der Waals surface area contributed by atoms with Crippen LogP contribution in [-0.4, -0.2) is 11.9 Å². The molecule has 0 unspecified atom stereocenters. The van der Waals surface area contributed by atoms with Crippen molar-refractivity contribution in [2.45, 2.75) is 13.8 Å². The fourth-order valence-electron chi connectivity index (χ4n) is 1.05. The lowest BCUT2D eigenvalue weighted by Gasteiger charge is -2.10. The molecular weight excluding hydrogens is 232 g/mol. The second-order valence-electron chi connectivity index (χ2n) is 3.91. The van der Waals surface area contributed by atoms with E-state index in [0.717, 1.165) is 0 Å². The lowest BCUT2D eigenvalue weighted by atomic mass is 10.2. The molecular formula is C12H14N4O2. The van der Waals surface area contributed by atoms with E-state index in [4.69, 9.17) is 5.26 Å². The van der Waals surface area contributed by atoms with E-state index in [1.165, 1.54) is 0 Å². The van der Waals surface area contributed by atoms with Gasteiger partial charge in [0.1, 0.15) is 0 Å². The first-order valence-electron chi connectivity index (χ1n) is 5.40. The van der Waals surface area contributed by atoms with Crippen molar-refractivity contribution in [3.8, 4) is 6.07 Å². The van der Waals surface area contributed by atoms with Crippen LogP contribution in [0.3, 0.4) is 0 Å². The first-order valence-corrected chi connectivity index (χ1v) is 5.40. The van der Waals surface area contributed by atoms with Gasteiger partial charge in [-0.1, -0.05) is 13.8 Å². The summed E-state index contributed by atoms with van der Waals surface area (Å²) in [5, 5.41) is 11.1. The molecule has 0 atom stereocenters. The van der Waals surface area contributed by atoms with Crippen LogP contribution in [0.2, 0.25) is 0 Å². The van der Waals surface area contributed by atoms with Crippen molar-refractivity contribution < 1.29 is 9.59 Å². The van der Waals surface area contributed by atoms with Gasteiger partial charge in [-0.25, -0.2) is 10.2 Å². The van der Waals surface area contributed by atoms with E-state index < -0.39 is 6.03 Å². The number of rotatable bonds is 2. The number of hydrogen-bond donors (Lipinski definition) is 3. The van der Waals surface area contributed by atoms with Gasteiger partial charge in [-0.2, -0.15) is 5.26 Å². The smallest absolute Gasteiger partial charge is 0.307 e. The number of nitrogens with zero attached hydrogens (tertiary/aromatic N) is 1. The normalized spacial score (nSPS) is 9.44. The summed E-state index contributed by atoms with van der Waals surface area (Å²) in [6.45, 7) is 3.44. The van der Waals surface area contributed by atoms with Gasteiger partial charge in [-0.05, 0) is 24.3 Å². The van der Waals surface area contributed by atoms with E-state index in [1.54, 1.807) is 38.1 Å². The minimum atomic E-state index is -0.547. The monoisotopic (exact) mass is 246 g/mol. The molecule has 0 fully saturated rings. The number of nitrogens with one attached hydrogen (secondary N) is 3. The van der Waals surface area contributed by atoms with E-state index >= 15 is 0 Å². The fourth-order valence-corrected chi connectivity index (χ4v) is 1.05. The summed E-state index contributed by atoms with van der Waals surface area (Å²) in [7, 11) is 0. The zero-order valence-corrected chi connectivity index (χ0v) is 10.2. The van der Waals surface area contributed by atoms with Crippen LogP contribution < -0.4 is 16.2 Å². The van der Waals surface area contributed by atoms with E-state index in [2.05, 4.69) is 16.2 Å². The van der Waals surface area contributed by atoms with Crippen molar-refractivity contribution in [3.63, 3.8) is 0 Å². The summed E-state index contributed by atoms with van der Waals surface area (Å²) in [5.41, 5.74) is 5.54. The average Bonchev–Trinajstić information content (AvgIpc) is 2.36. The Morgan fingerprint density at radius 3 is 2.28 bits per heavy atom. The van der Waals surface area contributed by atoms with E-state index in [9.17, 15) is 9.59 Å². The van der Waals surface area contributed by atoms with Crippen molar-refractivity contribution >= 4 is 17.6 Å². The van der Waals surface area contributed by atoms with Crippen LogP contribution in [0.25, 0.3) is 0 Å². The Bertz CT molecular complexity index is 474. The van der Waals surface area contributed by atoms with E-state index in [-0.39, 0.29) is 11.8 Å². The number of hydrogen-bond acceptors (Lipinski definition) is 3. The third kappa shape index (κ3) is 4.14. The van der Waals surface area contributed by atoms with Crippen molar-refractivity contribution in [2.75, 3.05) is 5.32 Å². The first kappa shape index (κ1) is 13.5. The Labute approximate surface area is 105 Å². The highest BCUT2D eigenvalue weighted by molar-refractivity contribution is 5.91. The highest BCUT2D eigenvalue weighted by Gasteiger charge is 2.07. The molecule has 0 aliphatic carbocycles. The van der Waals surface area contributed by atoms with Gasteiger partial charge in [-0.15, -0.1) is 0 Å². The Kier molecular flexibility index (Phi) is 4.69. The molecule has 1 aromatic rings. The maximum absolute atomic E-state index is 11.4. The third-order valence-electron chi connectivity index (χ3n) is 2.10. The van der Waals surface area contributed by atoms with Crippen molar-refractivity contribution in [1.29, 1.82) is 5.26 Å². The zero-order valence-electron chi connectivity index (χ0n) is 10.2. The van der Waals surface area contributed by atoms with Gasteiger partial charge in [0, 0.05) is 11.6 Å². The van der Waals surface area contributed by atoms with E-state index in [1.807, 2.05) is 6.07 Å². The van der Waals surface area contributed by atoms with Crippen LogP contribution >= 0.6 is 0 Å². The molecule has 1 rings (SSSR count). The zero-order chi connectivity index (χ0) is 13.5. The molecule has 0 heterocycles. The molecule has 0 saturated heterocycles. The third-order valence-corrected chi connectivity index (χ3v) is 2.10. The van der Waals surface area contributed by atoms with Gasteiger partial charge in [0.2, 0.25) is 5.91 Å². The molecule has 0 aromatic heterocycles. The molecule has 94 valence electrons. The van der Waals surface area contributed by atoms with Crippen LogP contribution in [-0.2, 0) is 4.79 Å². The van der Waals surface area contributed by atoms with Crippen LogP contribution in [0.1, 0.15) is 19.4 Å². The molecule has 0 spiro atoms. The summed E-state index contributed by atoms with van der Waals surface area (Å²) < 4.78 is 0. The quantitative estimate of drug-likeness (QED) is 0.688. The van der Waals surface area contributed by atoms with Crippen LogP contribution in [0, 0.1) is 17.2 Å². The maximum Gasteiger partial charge on any atom is 0.337 e. The average molecular weight is 246 g/mol. The topological polar surface area (TPSA) is 94.0 Å². The van der Waals surface area contributed by atoms with Gasteiger partial charge in [0.25, 0.3) is 0 Å². The molecule has 3 amide bonds. The van der Waals surface area contributed by atoms with Crippen LogP contribution in [0.15, 0.2) is 24.3 Å². The van der Waals surface area contributed by atoms with Crippen LogP contribution in [0.4, 0.5) is 10.5 Å². The van der Waals surface area contributed by atoms with Crippen molar-refractivity contribution in [3.05, 3.63) is 29.8 Å². The molecule has 18 heavy (non-hydrogen) atoms. The lowest BCUT2D eigenvalue weighted by molar-refractivity contribution is -0.124. The number of carbonyl (C=O) groups is 2. The summed E-state index contributed by atoms with van der Waals surface area (Å²) >= 11 is 0. The largest absolute Gasteiger partial charge is 0.337 e. The molecule has 6 heteroatoms. The predicted molar refractivity (Wildman–Crippen MR) is 66.3 cm³/mol. The number of anilines is 1. The molecule has 3 N–H and O–H groups in total. The minimum absolute atomic E-state index is 0.208. The van der Waals surface area contributed by atoms with E-state index in [0.29, 0.717) is 11.3 Å². The number of urea groups is 1. The highest BCUT2D eigenvalue weighted by atomic mass is 16.2. The Morgan fingerprint density at radius 2 is 1.78 bits per heavy atom. The number of benzene rings is 1. The second-order valence-corrected chi connectivity index (χ2v) is 3.91. The van der Waals surface area contributed by atoms with Crippen molar-refractivity contribution in [1.82, 2.24) is 10.9 Å². The molecule has 0 saturated carbocycles. The van der Waals surface area contributed by atoms with Gasteiger partial charge in [-0.3, -0.25) is 10.2 Å². The Hall–Kier alpha value is -2.55. The fraction of sp³-hybridized carbons (Fsp3) is 0.250. The number of nitriles is 1. The molecule has 0 radical (unpaired) electrons. The molecule has 0 aliphatic heterocycles. The number of carbonyl (C=O) groups excluding carboxylic acids is 2. The Morgan fingerprint density at radius 1 is 1.17 bits per heavy atom. The Balaban J connectivity index is 2.45. The molecule has 1 aromatic carbocycles. The van der Waals surface area contributed by atoms with Crippen molar-refractivity contribution in [2.24, 2.45) is 5.92 Å². The summed E-state index contributed by atoms with van der Waals surface area (Å²) in [5.74, 6) is -0.481. The predicted octanol–water partition coefficient (Wildman–Crippen LogP) is 1.37.